The van der Waals surface area contributed by atoms with E-state index < -0.39 is 22.9 Å². The molecule has 0 aromatic heterocycles. The lowest BCUT2D eigenvalue weighted by Gasteiger charge is -2.22. The van der Waals surface area contributed by atoms with Gasteiger partial charge in [-0.15, -0.1) is 0 Å². The van der Waals surface area contributed by atoms with E-state index in [4.69, 9.17) is 21.1 Å². The topological polar surface area (TPSA) is 102 Å². The average Bonchev–Trinajstić information content (AvgIpc) is 2.79. The number of hydrogen-bond donors (Lipinski definition) is 0. The van der Waals surface area contributed by atoms with E-state index in [1.165, 1.54) is 24.3 Å². The van der Waals surface area contributed by atoms with Gasteiger partial charge >= 0.3 is 5.97 Å². The second-order valence-electron chi connectivity index (χ2n) is 7.64. The van der Waals surface area contributed by atoms with Crippen LogP contribution in [0, 0.1) is 27.4 Å². The van der Waals surface area contributed by atoms with Gasteiger partial charge in [0, 0.05) is 22.7 Å². The highest BCUT2D eigenvalue weighted by Crippen LogP contribution is 2.31. The SMILES string of the molecule is CC(C)C(C(=O)OC(C#N)c1cccc(Oc2ccc([N+](=O)[O-])cc2)c1)c1ccc(Cl)cc1. The summed E-state index contributed by atoms with van der Waals surface area (Å²) in [6.07, 6.45) is -1.13. The van der Waals surface area contributed by atoms with Crippen LogP contribution >= 0.6 is 11.6 Å². The number of ether oxygens (including phenoxy) is 2. The maximum absolute atomic E-state index is 13.0. The predicted molar refractivity (Wildman–Crippen MR) is 123 cm³/mol. The van der Waals surface area contributed by atoms with Crippen LogP contribution in [0.4, 0.5) is 5.69 Å². The van der Waals surface area contributed by atoms with Gasteiger partial charge in [-0.1, -0.05) is 49.7 Å². The number of nitrogens with zero attached hydrogens (tertiary/aromatic N) is 2. The Kier molecular flexibility index (Phi) is 7.65. The van der Waals surface area contributed by atoms with Gasteiger partial charge in [-0.2, -0.15) is 5.26 Å². The molecule has 0 spiro atoms. The van der Waals surface area contributed by atoms with Crippen LogP contribution in [0.5, 0.6) is 11.5 Å². The van der Waals surface area contributed by atoms with E-state index in [1.807, 2.05) is 19.9 Å². The van der Waals surface area contributed by atoms with Crippen LogP contribution in [-0.2, 0) is 9.53 Å². The summed E-state index contributed by atoms with van der Waals surface area (Å²) in [4.78, 5) is 23.3. The summed E-state index contributed by atoms with van der Waals surface area (Å²) in [6.45, 7) is 3.81. The van der Waals surface area contributed by atoms with Crippen molar-refractivity contribution >= 4 is 23.3 Å². The van der Waals surface area contributed by atoms with Gasteiger partial charge in [-0.05, 0) is 47.9 Å². The summed E-state index contributed by atoms with van der Waals surface area (Å²) in [5, 5.41) is 21.0. The van der Waals surface area contributed by atoms with Crippen LogP contribution in [0.25, 0.3) is 0 Å². The molecule has 0 saturated carbocycles. The molecular formula is C25H21ClN2O5. The molecule has 168 valence electrons. The fourth-order valence-electron chi connectivity index (χ4n) is 3.33. The van der Waals surface area contributed by atoms with Crippen molar-refractivity contribution in [2.45, 2.75) is 25.9 Å². The van der Waals surface area contributed by atoms with E-state index in [-0.39, 0.29) is 11.6 Å². The number of nitro groups is 1. The van der Waals surface area contributed by atoms with Gasteiger partial charge in [0.2, 0.25) is 6.10 Å². The lowest BCUT2D eigenvalue weighted by atomic mass is 9.88. The van der Waals surface area contributed by atoms with Gasteiger partial charge in [0.25, 0.3) is 5.69 Å². The second kappa shape index (κ2) is 10.6. The molecular weight excluding hydrogens is 444 g/mol. The first-order chi connectivity index (χ1) is 15.8. The molecule has 0 heterocycles. The monoisotopic (exact) mass is 464 g/mol. The third-order valence-corrected chi connectivity index (χ3v) is 5.20. The molecule has 2 unspecified atom stereocenters. The minimum atomic E-state index is -1.13. The van der Waals surface area contributed by atoms with Crippen LogP contribution in [0.2, 0.25) is 5.02 Å². The second-order valence-corrected chi connectivity index (χ2v) is 8.08. The van der Waals surface area contributed by atoms with Crippen molar-refractivity contribution in [1.29, 1.82) is 5.26 Å². The van der Waals surface area contributed by atoms with Crippen LogP contribution < -0.4 is 4.74 Å². The molecule has 3 aromatic rings. The molecule has 0 aliphatic carbocycles. The van der Waals surface area contributed by atoms with E-state index in [2.05, 4.69) is 0 Å². The average molecular weight is 465 g/mol. The van der Waals surface area contributed by atoms with Gasteiger partial charge in [0.15, 0.2) is 0 Å². The van der Waals surface area contributed by atoms with Gasteiger partial charge in [0.1, 0.15) is 17.6 Å². The molecule has 0 bridgehead atoms. The van der Waals surface area contributed by atoms with Crippen molar-refractivity contribution in [3.8, 4) is 17.6 Å². The van der Waals surface area contributed by atoms with Gasteiger partial charge in [0.05, 0.1) is 10.8 Å². The van der Waals surface area contributed by atoms with Crippen molar-refractivity contribution in [3.05, 3.63) is 99.1 Å². The van der Waals surface area contributed by atoms with Gasteiger partial charge in [-0.3, -0.25) is 14.9 Å². The lowest BCUT2D eigenvalue weighted by molar-refractivity contribution is -0.384. The number of esters is 1. The standard InChI is InChI=1S/C25H21ClN2O5/c1-16(2)24(17-6-8-19(26)9-7-17)25(29)33-23(15-27)18-4-3-5-22(14-18)32-21-12-10-20(11-13-21)28(30)31/h3-14,16,23-24H,1-2H3. The Hall–Kier alpha value is -3.89. The number of nitro benzene ring substituents is 1. The Bertz CT molecular complexity index is 1170. The quantitative estimate of drug-likeness (QED) is 0.211. The smallest absolute Gasteiger partial charge is 0.315 e. The molecule has 0 N–H and O–H groups in total. The highest BCUT2D eigenvalue weighted by Gasteiger charge is 2.29. The maximum Gasteiger partial charge on any atom is 0.315 e. The van der Waals surface area contributed by atoms with Crippen molar-refractivity contribution in [3.63, 3.8) is 0 Å². The Balaban J connectivity index is 1.77. The third-order valence-electron chi connectivity index (χ3n) is 4.95. The number of nitriles is 1. The predicted octanol–water partition coefficient (Wildman–Crippen LogP) is 6.59. The molecule has 0 aliphatic heterocycles. The van der Waals surface area contributed by atoms with E-state index in [9.17, 15) is 20.2 Å². The lowest BCUT2D eigenvalue weighted by Crippen LogP contribution is -2.22. The first-order valence-corrected chi connectivity index (χ1v) is 10.5. The summed E-state index contributed by atoms with van der Waals surface area (Å²) >= 11 is 5.96. The molecule has 2 atom stereocenters. The van der Waals surface area contributed by atoms with Gasteiger partial charge in [-0.25, -0.2) is 0 Å². The molecule has 0 saturated heterocycles. The zero-order chi connectivity index (χ0) is 24.0. The molecule has 8 heteroatoms. The van der Waals surface area contributed by atoms with Gasteiger partial charge < -0.3 is 9.47 Å². The van der Waals surface area contributed by atoms with Crippen LogP contribution in [0.15, 0.2) is 72.8 Å². The summed E-state index contributed by atoms with van der Waals surface area (Å²) in [5.41, 5.74) is 1.16. The number of rotatable bonds is 8. The van der Waals surface area contributed by atoms with Crippen molar-refractivity contribution in [2.24, 2.45) is 5.92 Å². The summed E-state index contributed by atoms with van der Waals surface area (Å²) in [5.74, 6) is -0.338. The van der Waals surface area contributed by atoms with E-state index in [0.717, 1.165) is 5.56 Å². The van der Waals surface area contributed by atoms with Crippen molar-refractivity contribution in [2.75, 3.05) is 0 Å². The van der Waals surface area contributed by atoms with E-state index in [1.54, 1.807) is 48.5 Å². The number of hydrogen-bond acceptors (Lipinski definition) is 6. The molecule has 7 nitrogen and oxygen atoms in total. The highest BCUT2D eigenvalue weighted by atomic mass is 35.5. The Labute approximate surface area is 196 Å². The van der Waals surface area contributed by atoms with Crippen molar-refractivity contribution in [1.82, 2.24) is 0 Å². The third kappa shape index (κ3) is 6.09. The first kappa shape index (κ1) is 23.8. The number of non-ortho nitro benzene ring substituents is 1. The fraction of sp³-hybridized carbons (Fsp3) is 0.200. The zero-order valence-corrected chi connectivity index (χ0v) is 18.7. The molecule has 33 heavy (non-hydrogen) atoms. The Morgan fingerprint density at radius 3 is 2.24 bits per heavy atom. The minimum Gasteiger partial charge on any atom is -0.457 e. The first-order valence-electron chi connectivity index (χ1n) is 10.2. The minimum absolute atomic E-state index is 0.0482. The summed E-state index contributed by atoms with van der Waals surface area (Å²) in [7, 11) is 0. The zero-order valence-electron chi connectivity index (χ0n) is 18.0. The molecule has 3 aromatic carbocycles. The molecule has 0 fully saturated rings. The Morgan fingerprint density at radius 2 is 1.67 bits per heavy atom. The maximum atomic E-state index is 13.0. The number of halogens is 1. The normalized spacial score (nSPS) is 12.5. The number of carbonyl (C=O) groups excluding carboxylic acids is 1. The van der Waals surface area contributed by atoms with E-state index >= 15 is 0 Å². The summed E-state index contributed by atoms with van der Waals surface area (Å²) < 4.78 is 11.3. The van der Waals surface area contributed by atoms with Crippen LogP contribution in [-0.4, -0.2) is 10.9 Å². The van der Waals surface area contributed by atoms with Crippen LogP contribution in [0.1, 0.15) is 37.0 Å². The van der Waals surface area contributed by atoms with Crippen LogP contribution in [0.3, 0.4) is 0 Å². The summed E-state index contributed by atoms with van der Waals surface area (Å²) in [6, 6.07) is 21.2. The largest absolute Gasteiger partial charge is 0.457 e. The van der Waals surface area contributed by atoms with Crippen molar-refractivity contribution < 1.29 is 19.2 Å². The molecule has 0 radical (unpaired) electrons. The Morgan fingerprint density at radius 1 is 1.00 bits per heavy atom. The van der Waals surface area contributed by atoms with E-state index in [0.29, 0.717) is 22.1 Å². The fourth-order valence-corrected chi connectivity index (χ4v) is 3.46. The molecule has 0 amide bonds. The molecule has 3 rings (SSSR count). The highest BCUT2D eigenvalue weighted by molar-refractivity contribution is 6.30. The molecule has 0 aliphatic rings. The number of benzene rings is 3. The number of carbonyl (C=O) groups is 1.